The maximum absolute atomic E-state index is 12.2. The van der Waals surface area contributed by atoms with Gasteiger partial charge in [0.05, 0.1) is 0 Å². The van der Waals surface area contributed by atoms with E-state index in [0.717, 1.165) is 4.47 Å². The SMILES string of the molecule is O=C(O)c1cc(C(=O)c2ccc(Br)cc2Br)c[nH]1. The summed E-state index contributed by atoms with van der Waals surface area (Å²) in [5.74, 6) is -1.33. The number of halogens is 2. The molecule has 0 bridgehead atoms. The van der Waals surface area contributed by atoms with Gasteiger partial charge in [-0.3, -0.25) is 4.79 Å². The largest absolute Gasteiger partial charge is 0.477 e. The number of carboxylic acids is 1. The summed E-state index contributed by atoms with van der Waals surface area (Å²) in [4.78, 5) is 25.4. The van der Waals surface area contributed by atoms with Crippen molar-refractivity contribution in [2.24, 2.45) is 0 Å². The van der Waals surface area contributed by atoms with Gasteiger partial charge in [0.2, 0.25) is 0 Å². The van der Waals surface area contributed by atoms with Crippen LogP contribution in [0, 0.1) is 0 Å². The van der Waals surface area contributed by atoms with Crippen LogP contribution >= 0.6 is 31.9 Å². The second-order valence-corrected chi connectivity index (χ2v) is 5.33. The Labute approximate surface area is 119 Å². The predicted molar refractivity (Wildman–Crippen MR) is 73.0 cm³/mol. The molecule has 0 amide bonds. The van der Waals surface area contributed by atoms with Gasteiger partial charge in [0.25, 0.3) is 0 Å². The van der Waals surface area contributed by atoms with Gasteiger partial charge < -0.3 is 10.1 Å². The van der Waals surface area contributed by atoms with E-state index in [1.807, 2.05) is 0 Å². The Hall–Kier alpha value is -1.40. The number of rotatable bonds is 3. The van der Waals surface area contributed by atoms with E-state index in [4.69, 9.17) is 5.11 Å². The highest BCUT2D eigenvalue weighted by Gasteiger charge is 2.16. The molecule has 0 aliphatic carbocycles. The maximum Gasteiger partial charge on any atom is 0.352 e. The number of ketones is 1. The Morgan fingerprint density at radius 1 is 1.17 bits per heavy atom. The Bertz CT molecular complexity index is 634. The summed E-state index contributed by atoms with van der Waals surface area (Å²) in [5.41, 5.74) is 0.788. The summed E-state index contributed by atoms with van der Waals surface area (Å²) in [6, 6.07) is 6.50. The monoisotopic (exact) mass is 371 g/mol. The Morgan fingerprint density at radius 2 is 1.89 bits per heavy atom. The molecular formula is C12H7Br2NO3. The molecule has 2 N–H and O–H groups in total. The number of aromatic carboxylic acids is 1. The van der Waals surface area contributed by atoms with E-state index >= 15 is 0 Å². The average molecular weight is 373 g/mol. The number of carbonyl (C=O) groups is 2. The average Bonchev–Trinajstić information content (AvgIpc) is 2.77. The second-order valence-electron chi connectivity index (χ2n) is 3.56. The van der Waals surface area contributed by atoms with Crippen LogP contribution in [-0.4, -0.2) is 21.8 Å². The number of aromatic nitrogens is 1. The van der Waals surface area contributed by atoms with Crippen LogP contribution in [0.15, 0.2) is 39.4 Å². The van der Waals surface area contributed by atoms with Crippen LogP contribution in [0.5, 0.6) is 0 Å². The number of aromatic amines is 1. The molecule has 92 valence electrons. The molecule has 18 heavy (non-hydrogen) atoms. The number of carbonyl (C=O) groups excluding carboxylic acids is 1. The highest BCUT2D eigenvalue weighted by molar-refractivity contribution is 9.11. The van der Waals surface area contributed by atoms with Crippen molar-refractivity contribution in [3.05, 3.63) is 56.2 Å². The summed E-state index contributed by atoms with van der Waals surface area (Å²) in [6.45, 7) is 0. The van der Waals surface area contributed by atoms with Crippen molar-refractivity contribution in [2.45, 2.75) is 0 Å². The zero-order chi connectivity index (χ0) is 13.3. The number of benzene rings is 1. The third-order valence-corrected chi connectivity index (χ3v) is 3.50. The fourth-order valence-electron chi connectivity index (χ4n) is 1.48. The summed E-state index contributed by atoms with van der Waals surface area (Å²) in [6.07, 6.45) is 1.39. The van der Waals surface area contributed by atoms with E-state index in [1.165, 1.54) is 12.3 Å². The minimum atomic E-state index is -1.09. The standard InChI is InChI=1S/C12H7Br2NO3/c13-7-1-2-8(9(14)4-7)11(16)6-3-10(12(17)18)15-5-6/h1-5,15H,(H,17,18). The van der Waals surface area contributed by atoms with Crippen molar-refractivity contribution >= 4 is 43.6 Å². The minimum Gasteiger partial charge on any atom is -0.477 e. The third kappa shape index (κ3) is 2.54. The predicted octanol–water partition coefficient (Wildman–Crippen LogP) is 3.47. The fourth-order valence-corrected chi connectivity index (χ4v) is 2.71. The molecule has 2 aromatic rings. The molecule has 0 spiro atoms. The molecule has 0 unspecified atom stereocenters. The van der Waals surface area contributed by atoms with Crippen molar-refractivity contribution < 1.29 is 14.7 Å². The van der Waals surface area contributed by atoms with E-state index in [0.29, 0.717) is 15.6 Å². The molecule has 0 radical (unpaired) electrons. The second kappa shape index (κ2) is 5.07. The van der Waals surface area contributed by atoms with Gasteiger partial charge in [0.15, 0.2) is 5.78 Å². The molecule has 1 aromatic carbocycles. The fraction of sp³-hybridized carbons (Fsp3) is 0. The summed E-state index contributed by atoms with van der Waals surface area (Å²) >= 11 is 6.60. The van der Waals surface area contributed by atoms with Crippen molar-refractivity contribution in [2.75, 3.05) is 0 Å². The number of hydrogen-bond donors (Lipinski definition) is 2. The first kappa shape index (κ1) is 13.0. The molecule has 0 aliphatic heterocycles. The highest BCUT2D eigenvalue weighted by atomic mass is 79.9. The van der Waals surface area contributed by atoms with Crippen LogP contribution in [-0.2, 0) is 0 Å². The van der Waals surface area contributed by atoms with Gasteiger partial charge in [-0.1, -0.05) is 15.9 Å². The van der Waals surface area contributed by atoms with E-state index < -0.39 is 5.97 Å². The van der Waals surface area contributed by atoms with Gasteiger partial charge in [-0.2, -0.15) is 0 Å². The molecule has 0 atom stereocenters. The minimum absolute atomic E-state index is 0.00779. The van der Waals surface area contributed by atoms with Gasteiger partial charge in [0.1, 0.15) is 5.69 Å². The van der Waals surface area contributed by atoms with Crippen LogP contribution in [0.2, 0.25) is 0 Å². The lowest BCUT2D eigenvalue weighted by Gasteiger charge is -2.02. The molecule has 0 saturated heterocycles. The zero-order valence-corrected chi connectivity index (χ0v) is 12.1. The summed E-state index contributed by atoms with van der Waals surface area (Å²) < 4.78 is 1.51. The van der Waals surface area contributed by atoms with E-state index in [2.05, 4.69) is 36.8 Å². The van der Waals surface area contributed by atoms with Gasteiger partial charge in [-0.15, -0.1) is 0 Å². The van der Waals surface area contributed by atoms with Gasteiger partial charge in [0, 0.05) is 26.3 Å². The number of hydrogen-bond acceptors (Lipinski definition) is 2. The molecule has 0 saturated carbocycles. The Balaban J connectivity index is 2.38. The van der Waals surface area contributed by atoms with Gasteiger partial charge >= 0.3 is 5.97 Å². The van der Waals surface area contributed by atoms with Crippen LogP contribution in [0.3, 0.4) is 0 Å². The van der Waals surface area contributed by atoms with Crippen molar-refractivity contribution in [3.8, 4) is 0 Å². The summed E-state index contributed by atoms with van der Waals surface area (Å²) in [5, 5.41) is 8.78. The van der Waals surface area contributed by atoms with Crippen LogP contribution < -0.4 is 0 Å². The topological polar surface area (TPSA) is 70.2 Å². The molecule has 1 aromatic heterocycles. The van der Waals surface area contributed by atoms with Gasteiger partial charge in [-0.25, -0.2) is 4.79 Å². The molecule has 2 rings (SSSR count). The highest BCUT2D eigenvalue weighted by Crippen LogP contribution is 2.24. The number of H-pyrrole nitrogens is 1. The normalized spacial score (nSPS) is 10.3. The summed E-state index contributed by atoms with van der Waals surface area (Å²) in [7, 11) is 0. The molecule has 0 aliphatic rings. The van der Waals surface area contributed by atoms with Crippen LogP contribution in [0.4, 0.5) is 0 Å². The zero-order valence-electron chi connectivity index (χ0n) is 8.91. The lowest BCUT2D eigenvalue weighted by atomic mass is 10.1. The lowest BCUT2D eigenvalue weighted by Crippen LogP contribution is -2.01. The van der Waals surface area contributed by atoms with E-state index in [-0.39, 0.29) is 11.5 Å². The molecule has 0 fully saturated rings. The van der Waals surface area contributed by atoms with E-state index in [9.17, 15) is 9.59 Å². The van der Waals surface area contributed by atoms with Crippen molar-refractivity contribution in [1.29, 1.82) is 0 Å². The first-order chi connectivity index (χ1) is 8.49. The van der Waals surface area contributed by atoms with Crippen LogP contribution in [0.25, 0.3) is 0 Å². The van der Waals surface area contributed by atoms with Crippen molar-refractivity contribution in [3.63, 3.8) is 0 Å². The van der Waals surface area contributed by atoms with Crippen LogP contribution in [0.1, 0.15) is 26.4 Å². The Kier molecular flexibility index (Phi) is 3.68. The smallest absolute Gasteiger partial charge is 0.352 e. The first-order valence-corrected chi connectivity index (χ1v) is 6.49. The molecule has 1 heterocycles. The van der Waals surface area contributed by atoms with Gasteiger partial charge in [-0.05, 0) is 40.2 Å². The number of nitrogens with one attached hydrogen (secondary N) is 1. The first-order valence-electron chi connectivity index (χ1n) is 4.90. The van der Waals surface area contributed by atoms with Crippen molar-refractivity contribution in [1.82, 2.24) is 4.98 Å². The van der Waals surface area contributed by atoms with E-state index in [1.54, 1.807) is 18.2 Å². The quantitative estimate of drug-likeness (QED) is 0.810. The molecule has 4 nitrogen and oxygen atoms in total. The molecule has 6 heteroatoms. The lowest BCUT2D eigenvalue weighted by molar-refractivity contribution is 0.0691. The molecular weight excluding hydrogens is 366 g/mol. The Morgan fingerprint density at radius 3 is 2.44 bits per heavy atom. The maximum atomic E-state index is 12.2. The number of carboxylic acid groups (broad SMARTS) is 1. The third-order valence-electron chi connectivity index (χ3n) is 2.35.